The number of rotatable bonds is 6. The lowest BCUT2D eigenvalue weighted by Gasteiger charge is -2.30. The van der Waals surface area contributed by atoms with Crippen LogP contribution in [-0.4, -0.2) is 10.1 Å². The third-order valence-electron chi connectivity index (χ3n) is 5.15. The van der Waals surface area contributed by atoms with Crippen LogP contribution in [0.15, 0.2) is 59.1 Å². The quantitative estimate of drug-likeness (QED) is 0.717. The van der Waals surface area contributed by atoms with Crippen LogP contribution >= 0.6 is 0 Å². The molecule has 0 aliphatic heterocycles. The van der Waals surface area contributed by atoms with Gasteiger partial charge in [-0.25, -0.2) is 4.39 Å². The Morgan fingerprint density at radius 2 is 1.73 bits per heavy atom. The summed E-state index contributed by atoms with van der Waals surface area (Å²) >= 11 is 0. The fraction of sp³-hybridized carbons (Fsp3) is 0.333. The first-order valence-corrected chi connectivity index (χ1v) is 9.10. The van der Waals surface area contributed by atoms with Gasteiger partial charge in [0.15, 0.2) is 5.82 Å². The summed E-state index contributed by atoms with van der Waals surface area (Å²) in [5, 5.41) is 7.72. The molecule has 1 fully saturated rings. The highest BCUT2D eigenvalue weighted by Crippen LogP contribution is 2.39. The van der Waals surface area contributed by atoms with Gasteiger partial charge in [0, 0.05) is 5.54 Å². The van der Waals surface area contributed by atoms with Crippen molar-refractivity contribution in [3.8, 4) is 0 Å². The number of aromatic nitrogens is 2. The molecule has 0 saturated heterocycles. The second-order valence-corrected chi connectivity index (χ2v) is 6.92. The van der Waals surface area contributed by atoms with Crippen molar-refractivity contribution in [1.29, 1.82) is 0 Å². The van der Waals surface area contributed by atoms with E-state index in [-0.39, 0.29) is 11.4 Å². The maximum absolute atomic E-state index is 13.3. The van der Waals surface area contributed by atoms with E-state index in [1.807, 2.05) is 42.5 Å². The Balaban J connectivity index is 1.44. The van der Waals surface area contributed by atoms with E-state index in [0.717, 1.165) is 36.8 Å². The number of benzene rings is 2. The molecule has 1 heterocycles. The molecule has 0 atom stereocenters. The Hall–Kier alpha value is -2.53. The van der Waals surface area contributed by atoms with Crippen LogP contribution in [0.3, 0.4) is 0 Å². The summed E-state index contributed by atoms with van der Waals surface area (Å²) in [7, 11) is 0. The van der Waals surface area contributed by atoms with Crippen LogP contribution in [-0.2, 0) is 18.5 Å². The van der Waals surface area contributed by atoms with Crippen molar-refractivity contribution >= 4 is 0 Å². The Morgan fingerprint density at radius 3 is 2.46 bits per heavy atom. The molecule has 1 saturated carbocycles. The molecular formula is C21H22FN3O. The molecule has 5 heteroatoms. The fourth-order valence-electron chi connectivity index (χ4n) is 3.77. The number of nitrogens with zero attached hydrogens (tertiary/aromatic N) is 2. The maximum atomic E-state index is 13.3. The van der Waals surface area contributed by atoms with E-state index >= 15 is 0 Å². The highest BCUT2D eigenvalue weighted by Gasteiger charge is 2.35. The topological polar surface area (TPSA) is 51.0 Å². The molecular weight excluding hydrogens is 329 g/mol. The van der Waals surface area contributed by atoms with Crippen LogP contribution in [0.4, 0.5) is 4.39 Å². The van der Waals surface area contributed by atoms with E-state index in [4.69, 9.17) is 4.52 Å². The van der Waals surface area contributed by atoms with Gasteiger partial charge in [0.2, 0.25) is 5.89 Å². The molecule has 0 bridgehead atoms. The van der Waals surface area contributed by atoms with Crippen molar-refractivity contribution in [3.63, 3.8) is 0 Å². The first kappa shape index (κ1) is 16.9. The summed E-state index contributed by atoms with van der Waals surface area (Å²) in [4.78, 5) is 4.51. The molecule has 4 rings (SSSR count). The second kappa shape index (κ2) is 7.38. The van der Waals surface area contributed by atoms with Crippen molar-refractivity contribution in [1.82, 2.24) is 15.5 Å². The third kappa shape index (κ3) is 3.68. The molecule has 134 valence electrons. The van der Waals surface area contributed by atoms with E-state index in [1.165, 1.54) is 12.1 Å². The van der Waals surface area contributed by atoms with Gasteiger partial charge >= 0.3 is 0 Å². The van der Waals surface area contributed by atoms with Crippen LogP contribution in [0.5, 0.6) is 0 Å². The smallest absolute Gasteiger partial charge is 0.231 e. The number of halogens is 1. The summed E-state index contributed by atoms with van der Waals surface area (Å²) in [5.41, 5.74) is 2.15. The van der Waals surface area contributed by atoms with Crippen molar-refractivity contribution in [2.24, 2.45) is 0 Å². The summed E-state index contributed by atoms with van der Waals surface area (Å²) in [5.74, 6) is 1.07. The summed E-state index contributed by atoms with van der Waals surface area (Å²) < 4.78 is 18.7. The predicted molar refractivity (Wildman–Crippen MR) is 96.9 cm³/mol. The molecule has 0 amide bonds. The minimum atomic E-state index is -0.203. The standard InChI is InChI=1S/C21H22FN3O/c22-18-10-8-17(9-11-18)21(12-4-5-13-21)23-15-19-24-20(26-25-19)14-16-6-2-1-3-7-16/h1-3,6-11,23H,4-5,12-15H2. The van der Waals surface area contributed by atoms with Gasteiger partial charge in [0.1, 0.15) is 5.82 Å². The normalized spacial score (nSPS) is 16.0. The predicted octanol–water partition coefficient (Wildman–Crippen LogP) is 4.36. The van der Waals surface area contributed by atoms with Crippen molar-refractivity contribution in [2.75, 3.05) is 0 Å². The van der Waals surface area contributed by atoms with Gasteiger partial charge in [0.05, 0.1) is 13.0 Å². The van der Waals surface area contributed by atoms with Crippen molar-refractivity contribution < 1.29 is 8.91 Å². The first-order valence-electron chi connectivity index (χ1n) is 9.10. The van der Waals surface area contributed by atoms with Gasteiger partial charge in [-0.1, -0.05) is 60.5 Å². The van der Waals surface area contributed by atoms with Gasteiger partial charge in [-0.2, -0.15) is 4.98 Å². The SMILES string of the molecule is Fc1ccc(C2(NCc3noc(Cc4ccccc4)n3)CCCC2)cc1. The van der Waals surface area contributed by atoms with Crippen LogP contribution in [0.25, 0.3) is 0 Å². The minimum Gasteiger partial charge on any atom is -0.339 e. The molecule has 0 unspecified atom stereocenters. The Labute approximate surface area is 152 Å². The molecule has 3 aromatic rings. The second-order valence-electron chi connectivity index (χ2n) is 6.92. The summed E-state index contributed by atoms with van der Waals surface area (Å²) in [6.07, 6.45) is 5.03. The zero-order valence-electron chi connectivity index (χ0n) is 14.6. The monoisotopic (exact) mass is 351 g/mol. The molecule has 1 N–H and O–H groups in total. The van der Waals surface area contributed by atoms with Crippen molar-refractivity contribution in [2.45, 2.75) is 44.2 Å². The van der Waals surface area contributed by atoms with Gasteiger partial charge < -0.3 is 9.84 Å². The lowest BCUT2D eigenvalue weighted by Crippen LogP contribution is -2.39. The zero-order valence-corrected chi connectivity index (χ0v) is 14.6. The lowest BCUT2D eigenvalue weighted by atomic mass is 9.88. The number of hydrogen-bond donors (Lipinski definition) is 1. The van der Waals surface area contributed by atoms with E-state index in [9.17, 15) is 4.39 Å². The Morgan fingerprint density at radius 1 is 1.00 bits per heavy atom. The van der Waals surface area contributed by atoms with Crippen LogP contribution in [0, 0.1) is 5.82 Å². The van der Waals surface area contributed by atoms with Gasteiger partial charge in [-0.15, -0.1) is 0 Å². The van der Waals surface area contributed by atoms with Crippen LogP contribution in [0.1, 0.15) is 48.5 Å². The molecule has 0 radical (unpaired) electrons. The molecule has 26 heavy (non-hydrogen) atoms. The number of hydrogen-bond acceptors (Lipinski definition) is 4. The lowest BCUT2D eigenvalue weighted by molar-refractivity contribution is 0.326. The van der Waals surface area contributed by atoms with Gasteiger partial charge in [-0.05, 0) is 36.1 Å². The Kier molecular flexibility index (Phi) is 4.80. The Bertz CT molecular complexity index is 839. The highest BCUT2D eigenvalue weighted by atomic mass is 19.1. The maximum Gasteiger partial charge on any atom is 0.231 e. The molecule has 0 spiro atoms. The van der Waals surface area contributed by atoms with Gasteiger partial charge in [0.25, 0.3) is 0 Å². The highest BCUT2D eigenvalue weighted by molar-refractivity contribution is 5.26. The molecule has 1 aliphatic rings. The minimum absolute atomic E-state index is 0.131. The van der Waals surface area contributed by atoms with E-state index < -0.39 is 0 Å². The fourth-order valence-corrected chi connectivity index (χ4v) is 3.77. The molecule has 1 aromatic heterocycles. The molecule has 4 nitrogen and oxygen atoms in total. The van der Waals surface area contributed by atoms with Crippen LogP contribution < -0.4 is 5.32 Å². The van der Waals surface area contributed by atoms with Crippen LogP contribution in [0.2, 0.25) is 0 Å². The van der Waals surface area contributed by atoms with Gasteiger partial charge in [-0.3, -0.25) is 0 Å². The van der Waals surface area contributed by atoms with Crippen molar-refractivity contribution in [3.05, 3.63) is 83.3 Å². The van der Waals surface area contributed by atoms with E-state index in [2.05, 4.69) is 15.5 Å². The van der Waals surface area contributed by atoms with E-state index in [0.29, 0.717) is 24.7 Å². The third-order valence-corrected chi connectivity index (χ3v) is 5.15. The molecule has 1 aliphatic carbocycles. The first-order chi connectivity index (χ1) is 12.7. The number of nitrogens with one attached hydrogen (secondary N) is 1. The molecule has 2 aromatic carbocycles. The largest absolute Gasteiger partial charge is 0.339 e. The summed E-state index contributed by atoms with van der Waals surface area (Å²) in [6.45, 7) is 0.537. The van der Waals surface area contributed by atoms with E-state index in [1.54, 1.807) is 0 Å². The average Bonchev–Trinajstić information content (AvgIpc) is 3.32. The zero-order chi connectivity index (χ0) is 17.8. The summed E-state index contributed by atoms with van der Waals surface area (Å²) in [6, 6.07) is 16.9. The average molecular weight is 351 g/mol.